The molecule has 1 saturated carbocycles. The van der Waals surface area contributed by atoms with E-state index in [-0.39, 0.29) is 6.04 Å². The Kier molecular flexibility index (Phi) is 4.58. The van der Waals surface area contributed by atoms with E-state index in [2.05, 4.69) is 64.3 Å². The number of fused-ring (bicyclic) bond motifs is 2. The first kappa shape index (κ1) is 19.2. The van der Waals surface area contributed by atoms with Crippen molar-refractivity contribution in [3.63, 3.8) is 0 Å². The van der Waals surface area contributed by atoms with Gasteiger partial charge in [-0.1, -0.05) is 20.8 Å². The van der Waals surface area contributed by atoms with Gasteiger partial charge in [-0.3, -0.25) is 0 Å². The number of rotatable bonds is 6. The standard InChI is InChI=1S/C23H29N7/c1-13(2)28-19-8-15-7-16(9-24-20(15)29-14(19)3)17-10-25-21-18(17)11-26-22(30-21)27-12-23(4)5-6-23/h7,9-11,13,19,28H,5-6,8,12H2,1-4H3,(H2,25,26,27,30). The molecular formula is C23H29N7. The summed E-state index contributed by atoms with van der Waals surface area (Å²) in [5, 5.41) is 7.98. The Morgan fingerprint density at radius 2 is 2.07 bits per heavy atom. The van der Waals surface area contributed by atoms with E-state index < -0.39 is 0 Å². The number of aliphatic imine (C=N–C) groups is 1. The van der Waals surface area contributed by atoms with Crippen molar-refractivity contribution in [3.8, 4) is 11.1 Å². The molecule has 0 amide bonds. The molecule has 3 aromatic rings. The molecule has 0 aromatic carbocycles. The highest BCUT2D eigenvalue weighted by Gasteiger charge is 2.37. The lowest BCUT2D eigenvalue weighted by atomic mass is 9.96. The molecule has 1 atom stereocenters. The zero-order valence-corrected chi connectivity index (χ0v) is 18.1. The second kappa shape index (κ2) is 7.16. The molecular weight excluding hydrogens is 374 g/mol. The molecule has 30 heavy (non-hydrogen) atoms. The summed E-state index contributed by atoms with van der Waals surface area (Å²) in [6.07, 6.45) is 9.24. The molecule has 1 aliphatic heterocycles. The number of H-pyrrole nitrogens is 1. The van der Waals surface area contributed by atoms with Crippen LogP contribution in [0, 0.1) is 5.41 Å². The summed E-state index contributed by atoms with van der Waals surface area (Å²) < 4.78 is 0. The van der Waals surface area contributed by atoms with E-state index in [1.807, 2.05) is 18.6 Å². The third-order valence-electron chi connectivity index (χ3n) is 6.21. The van der Waals surface area contributed by atoms with Crippen LogP contribution in [-0.4, -0.2) is 44.3 Å². The maximum atomic E-state index is 4.72. The molecule has 1 fully saturated rings. The topological polar surface area (TPSA) is 90.9 Å². The van der Waals surface area contributed by atoms with Crippen molar-refractivity contribution < 1.29 is 0 Å². The summed E-state index contributed by atoms with van der Waals surface area (Å²) >= 11 is 0. The molecule has 1 unspecified atom stereocenters. The molecule has 0 saturated heterocycles. The summed E-state index contributed by atoms with van der Waals surface area (Å²) in [4.78, 5) is 21.9. The van der Waals surface area contributed by atoms with Gasteiger partial charge in [0.1, 0.15) is 5.65 Å². The number of nitrogens with one attached hydrogen (secondary N) is 3. The Morgan fingerprint density at radius 1 is 1.23 bits per heavy atom. The lowest BCUT2D eigenvalue weighted by Crippen LogP contribution is -2.42. The van der Waals surface area contributed by atoms with Crippen molar-refractivity contribution in [3.05, 3.63) is 30.2 Å². The minimum absolute atomic E-state index is 0.253. The Balaban J connectivity index is 1.42. The summed E-state index contributed by atoms with van der Waals surface area (Å²) in [7, 11) is 0. The fourth-order valence-corrected chi connectivity index (χ4v) is 4.01. The minimum atomic E-state index is 0.253. The number of anilines is 1. The molecule has 7 heteroatoms. The molecule has 0 radical (unpaired) electrons. The van der Waals surface area contributed by atoms with Crippen LogP contribution in [0.5, 0.6) is 0 Å². The zero-order chi connectivity index (χ0) is 20.9. The quantitative estimate of drug-likeness (QED) is 0.572. The average molecular weight is 404 g/mol. The van der Waals surface area contributed by atoms with Gasteiger partial charge in [-0.05, 0) is 43.2 Å². The van der Waals surface area contributed by atoms with Gasteiger partial charge in [0.15, 0.2) is 5.82 Å². The Morgan fingerprint density at radius 3 is 2.83 bits per heavy atom. The van der Waals surface area contributed by atoms with Crippen LogP contribution in [-0.2, 0) is 6.42 Å². The Bertz CT molecular complexity index is 1120. The van der Waals surface area contributed by atoms with Crippen molar-refractivity contribution in [1.29, 1.82) is 0 Å². The lowest BCUT2D eigenvalue weighted by molar-refractivity contribution is 0.534. The Hall–Kier alpha value is -2.80. The van der Waals surface area contributed by atoms with Crippen molar-refractivity contribution in [2.24, 2.45) is 10.4 Å². The average Bonchev–Trinajstić information content (AvgIpc) is 3.30. The molecule has 0 bridgehead atoms. The first-order valence-electron chi connectivity index (χ1n) is 10.8. The number of hydrogen-bond acceptors (Lipinski definition) is 6. The van der Waals surface area contributed by atoms with Gasteiger partial charge in [0.2, 0.25) is 5.95 Å². The molecule has 0 spiro atoms. The van der Waals surface area contributed by atoms with Gasteiger partial charge in [0.05, 0.1) is 0 Å². The van der Waals surface area contributed by atoms with Crippen LogP contribution < -0.4 is 10.6 Å². The minimum Gasteiger partial charge on any atom is -0.354 e. The first-order valence-corrected chi connectivity index (χ1v) is 10.8. The monoisotopic (exact) mass is 403 g/mol. The zero-order valence-electron chi connectivity index (χ0n) is 18.1. The van der Waals surface area contributed by atoms with Crippen LogP contribution in [0.3, 0.4) is 0 Å². The van der Waals surface area contributed by atoms with Gasteiger partial charge >= 0.3 is 0 Å². The van der Waals surface area contributed by atoms with E-state index in [9.17, 15) is 0 Å². The summed E-state index contributed by atoms with van der Waals surface area (Å²) in [6, 6.07) is 2.87. The second-order valence-corrected chi connectivity index (χ2v) is 9.36. The molecule has 3 aromatic heterocycles. The van der Waals surface area contributed by atoms with Crippen LogP contribution in [0.15, 0.2) is 29.6 Å². The molecule has 3 N–H and O–H groups in total. The third-order valence-corrected chi connectivity index (χ3v) is 6.21. The highest BCUT2D eigenvalue weighted by Crippen LogP contribution is 2.44. The molecule has 1 aliphatic carbocycles. The van der Waals surface area contributed by atoms with Gasteiger partial charge < -0.3 is 15.6 Å². The number of pyridine rings is 1. The molecule has 5 rings (SSSR count). The van der Waals surface area contributed by atoms with E-state index in [4.69, 9.17) is 4.99 Å². The second-order valence-electron chi connectivity index (χ2n) is 9.36. The first-order chi connectivity index (χ1) is 14.4. The van der Waals surface area contributed by atoms with Gasteiger partial charge in [-0.2, -0.15) is 4.98 Å². The fourth-order valence-electron chi connectivity index (χ4n) is 4.01. The van der Waals surface area contributed by atoms with Crippen LogP contribution in [0.2, 0.25) is 0 Å². The van der Waals surface area contributed by atoms with E-state index in [1.165, 1.54) is 18.4 Å². The number of hydrogen-bond donors (Lipinski definition) is 3. The van der Waals surface area contributed by atoms with Gasteiger partial charge in [0, 0.05) is 59.4 Å². The maximum absolute atomic E-state index is 4.72. The lowest BCUT2D eigenvalue weighted by Gasteiger charge is -2.25. The fraction of sp³-hybridized carbons (Fsp3) is 0.478. The molecule has 2 aliphatic rings. The smallest absolute Gasteiger partial charge is 0.224 e. The summed E-state index contributed by atoms with van der Waals surface area (Å²) in [5.41, 5.74) is 5.65. The molecule has 156 valence electrons. The Labute approximate surface area is 176 Å². The summed E-state index contributed by atoms with van der Waals surface area (Å²) in [5.74, 6) is 1.51. The van der Waals surface area contributed by atoms with Crippen LogP contribution >= 0.6 is 0 Å². The van der Waals surface area contributed by atoms with E-state index >= 15 is 0 Å². The van der Waals surface area contributed by atoms with E-state index in [1.54, 1.807) is 0 Å². The highest BCUT2D eigenvalue weighted by atomic mass is 15.1. The maximum Gasteiger partial charge on any atom is 0.224 e. The van der Waals surface area contributed by atoms with Gasteiger partial charge in [0.25, 0.3) is 0 Å². The predicted octanol–water partition coefficient (Wildman–Crippen LogP) is 4.25. The van der Waals surface area contributed by atoms with Crippen molar-refractivity contribution in [1.82, 2.24) is 25.3 Å². The molecule has 4 heterocycles. The van der Waals surface area contributed by atoms with Crippen molar-refractivity contribution in [2.45, 2.75) is 59.0 Å². The summed E-state index contributed by atoms with van der Waals surface area (Å²) in [6.45, 7) is 9.62. The van der Waals surface area contributed by atoms with Gasteiger partial charge in [-0.25, -0.2) is 15.0 Å². The number of aromatic amines is 1. The van der Waals surface area contributed by atoms with Crippen LogP contribution in [0.25, 0.3) is 22.2 Å². The van der Waals surface area contributed by atoms with Crippen molar-refractivity contribution >= 4 is 28.5 Å². The van der Waals surface area contributed by atoms with Crippen LogP contribution in [0.1, 0.15) is 46.1 Å². The number of aromatic nitrogens is 4. The largest absolute Gasteiger partial charge is 0.354 e. The SMILES string of the molecule is CC1=Nc2ncc(-c3c[nH]c4nc(NCC5(C)CC5)ncc34)cc2CC1NC(C)C. The van der Waals surface area contributed by atoms with Crippen LogP contribution in [0.4, 0.5) is 11.8 Å². The number of nitrogens with zero attached hydrogens (tertiary/aromatic N) is 4. The normalized spacial score (nSPS) is 19.6. The van der Waals surface area contributed by atoms with Gasteiger partial charge in [-0.15, -0.1) is 0 Å². The predicted molar refractivity (Wildman–Crippen MR) is 121 cm³/mol. The molecule has 7 nitrogen and oxygen atoms in total. The highest BCUT2D eigenvalue weighted by molar-refractivity contribution is 5.95. The van der Waals surface area contributed by atoms with E-state index in [0.717, 1.165) is 46.7 Å². The van der Waals surface area contributed by atoms with E-state index in [0.29, 0.717) is 17.4 Å². The van der Waals surface area contributed by atoms with Crippen molar-refractivity contribution in [2.75, 3.05) is 11.9 Å². The third kappa shape index (κ3) is 3.69.